The lowest BCUT2D eigenvalue weighted by atomic mass is 10.3. The van der Waals surface area contributed by atoms with E-state index in [-0.39, 0.29) is 0 Å². The first kappa shape index (κ1) is 14.1. The molecule has 0 bridgehead atoms. The number of likely N-dealkylation sites (N-methyl/N-ethyl adjacent to an activating group) is 1. The summed E-state index contributed by atoms with van der Waals surface area (Å²) in [5, 5.41) is 8.69. The Morgan fingerprint density at radius 3 is 2.71 bits per heavy atom. The Bertz CT molecular complexity index is 613. The lowest BCUT2D eigenvalue weighted by molar-refractivity contribution is 0.425. The quantitative estimate of drug-likeness (QED) is 0.884. The number of anilines is 2. The zero-order valence-electron chi connectivity index (χ0n) is 13.0. The van der Waals surface area contributed by atoms with Crippen molar-refractivity contribution < 1.29 is 0 Å². The highest BCUT2D eigenvalue weighted by molar-refractivity contribution is 5.88. The van der Waals surface area contributed by atoms with Crippen LogP contribution in [-0.4, -0.2) is 64.9 Å². The molecular formula is C14H23N7. The summed E-state index contributed by atoms with van der Waals surface area (Å²) in [5.41, 5.74) is 0.888. The zero-order valence-corrected chi connectivity index (χ0v) is 13.0. The number of aromatic nitrogens is 4. The highest BCUT2D eigenvalue weighted by Gasteiger charge is 2.19. The normalized spacial score (nSPS) is 15.3. The van der Waals surface area contributed by atoms with E-state index in [0.717, 1.165) is 43.0 Å². The van der Waals surface area contributed by atoms with E-state index >= 15 is 0 Å². The predicted octanol–water partition coefficient (Wildman–Crippen LogP) is 0.937. The highest BCUT2D eigenvalue weighted by Crippen LogP contribution is 2.27. The van der Waals surface area contributed by atoms with Gasteiger partial charge in [-0.2, -0.15) is 15.1 Å². The first-order valence-corrected chi connectivity index (χ1v) is 7.48. The van der Waals surface area contributed by atoms with Crippen molar-refractivity contribution in [2.75, 3.05) is 50.5 Å². The van der Waals surface area contributed by atoms with Crippen LogP contribution in [0.5, 0.6) is 0 Å². The standard InChI is InChI=1S/C14H23N7/c1-19(2)9-6-15-14-17-12-11(10-16-20(12)3)13(18-14)21-7-4-5-8-21/h10H,4-9H2,1-3H3,(H,15,17,18). The van der Waals surface area contributed by atoms with Gasteiger partial charge in [-0.1, -0.05) is 0 Å². The molecule has 2 aromatic rings. The smallest absolute Gasteiger partial charge is 0.226 e. The van der Waals surface area contributed by atoms with Crippen LogP contribution in [-0.2, 0) is 7.05 Å². The maximum atomic E-state index is 4.72. The average molecular weight is 289 g/mol. The van der Waals surface area contributed by atoms with Gasteiger partial charge in [0.25, 0.3) is 0 Å². The van der Waals surface area contributed by atoms with Crippen LogP contribution in [0.25, 0.3) is 11.0 Å². The van der Waals surface area contributed by atoms with Crippen LogP contribution in [0.3, 0.4) is 0 Å². The molecule has 3 rings (SSSR count). The lowest BCUT2D eigenvalue weighted by Crippen LogP contribution is -2.23. The van der Waals surface area contributed by atoms with E-state index in [0.29, 0.717) is 5.95 Å². The molecule has 21 heavy (non-hydrogen) atoms. The summed E-state index contributed by atoms with van der Waals surface area (Å²) >= 11 is 0. The van der Waals surface area contributed by atoms with Crippen LogP contribution in [0.15, 0.2) is 6.20 Å². The second-order valence-electron chi connectivity index (χ2n) is 5.80. The van der Waals surface area contributed by atoms with Gasteiger partial charge in [0.05, 0.1) is 11.6 Å². The van der Waals surface area contributed by atoms with Crippen molar-refractivity contribution in [3.8, 4) is 0 Å². The minimum Gasteiger partial charge on any atom is -0.356 e. The summed E-state index contributed by atoms with van der Waals surface area (Å²) in [6.07, 6.45) is 4.33. The number of nitrogens with one attached hydrogen (secondary N) is 1. The van der Waals surface area contributed by atoms with Gasteiger partial charge >= 0.3 is 0 Å². The number of hydrogen-bond acceptors (Lipinski definition) is 6. The maximum Gasteiger partial charge on any atom is 0.226 e. The van der Waals surface area contributed by atoms with Gasteiger partial charge in [0.2, 0.25) is 5.95 Å². The van der Waals surface area contributed by atoms with E-state index in [4.69, 9.17) is 4.98 Å². The van der Waals surface area contributed by atoms with Gasteiger partial charge in [0, 0.05) is 33.2 Å². The first-order chi connectivity index (χ1) is 10.1. The van der Waals surface area contributed by atoms with Crippen molar-refractivity contribution in [2.24, 2.45) is 7.05 Å². The molecule has 0 spiro atoms. The van der Waals surface area contributed by atoms with E-state index in [1.165, 1.54) is 12.8 Å². The molecule has 7 nitrogen and oxygen atoms in total. The molecule has 114 valence electrons. The molecule has 0 aliphatic carbocycles. The SMILES string of the molecule is CN(C)CCNc1nc(N2CCCC2)c2cnn(C)c2n1. The van der Waals surface area contributed by atoms with E-state index in [2.05, 4.69) is 39.3 Å². The second-order valence-corrected chi connectivity index (χ2v) is 5.80. The molecule has 0 amide bonds. The molecule has 0 saturated carbocycles. The molecule has 1 fully saturated rings. The van der Waals surface area contributed by atoms with Crippen LogP contribution < -0.4 is 10.2 Å². The lowest BCUT2D eigenvalue weighted by Gasteiger charge is -2.18. The topological polar surface area (TPSA) is 62.1 Å². The Balaban J connectivity index is 1.91. The largest absolute Gasteiger partial charge is 0.356 e. The molecule has 3 heterocycles. The van der Waals surface area contributed by atoms with Gasteiger partial charge in [-0.15, -0.1) is 0 Å². The van der Waals surface area contributed by atoms with Gasteiger partial charge in [0.1, 0.15) is 5.82 Å². The molecule has 0 aromatic carbocycles. The van der Waals surface area contributed by atoms with Gasteiger partial charge in [-0.25, -0.2) is 0 Å². The van der Waals surface area contributed by atoms with E-state index in [1.807, 2.05) is 17.9 Å². The predicted molar refractivity (Wildman–Crippen MR) is 84.8 cm³/mol. The number of fused-ring (bicyclic) bond motifs is 1. The fourth-order valence-electron chi connectivity index (χ4n) is 2.65. The minimum atomic E-state index is 0.690. The summed E-state index contributed by atoms with van der Waals surface area (Å²) in [4.78, 5) is 13.8. The van der Waals surface area contributed by atoms with Crippen molar-refractivity contribution in [2.45, 2.75) is 12.8 Å². The summed E-state index contributed by atoms with van der Waals surface area (Å²) in [7, 11) is 6.04. The van der Waals surface area contributed by atoms with Gasteiger partial charge in [0.15, 0.2) is 5.65 Å². The third-order valence-electron chi connectivity index (χ3n) is 3.82. The summed E-state index contributed by atoms with van der Waals surface area (Å²) in [6.45, 7) is 3.91. The summed E-state index contributed by atoms with van der Waals surface area (Å²) in [6, 6.07) is 0. The number of aryl methyl sites for hydroxylation is 1. The van der Waals surface area contributed by atoms with Crippen LogP contribution in [0.4, 0.5) is 11.8 Å². The van der Waals surface area contributed by atoms with Gasteiger partial charge in [-0.05, 0) is 26.9 Å². The third-order valence-corrected chi connectivity index (χ3v) is 3.82. The molecule has 1 aliphatic rings. The Morgan fingerprint density at radius 1 is 1.24 bits per heavy atom. The van der Waals surface area contributed by atoms with Crippen molar-refractivity contribution in [1.82, 2.24) is 24.6 Å². The number of hydrogen-bond donors (Lipinski definition) is 1. The monoisotopic (exact) mass is 289 g/mol. The second kappa shape index (κ2) is 5.85. The Morgan fingerprint density at radius 2 is 2.00 bits per heavy atom. The fourth-order valence-corrected chi connectivity index (χ4v) is 2.65. The van der Waals surface area contributed by atoms with E-state index in [1.54, 1.807) is 0 Å². The molecule has 1 N–H and O–H groups in total. The summed E-state index contributed by atoms with van der Waals surface area (Å²) < 4.78 is 1.81. The van der Waals surface area contributed by atoms with Crippen LogP contribution >= 0.6 is 0 Å². The van der Waals surface area contributed by atoms with Gasteiger partial charge in [-0.3, -0.25) is 4.68 Å². The highest BCUT2D eigenvalue weighted by atomic mass is 15.3. The van der Waals surface area contributed by atoms with Crippen LogP contribution in [0.2, 0.25) is 0 Å². The minimum absolute atomic E-state index is 0.690. The first-order valence-electron chi connectivity index (χ1n) is 7.48. The fraction of sp³-hybridized carbons (Fsp3) is 0.643. The Hall–Kier alpha value is -1.89. The third kappa shape index (κ3) is 2.92. The van der Waals surface area contributed by atoms with Crippen LogP contribution in [0.1, 0.15) is 12.8 Å². The Labute approximate surface area is 125 Å². The molecule has 2 aromatic heterocycles. The molecular weight excluding hydrogens is 266 g/mol. The van der Waals surface area contributed by atoms with Crippen molar-refractivity contribution >= 4 is 22.8 Å². The summed E-state index contributed by atoms with van der Waals surface area (Å²) in [5.74, 6) is 1.70. The number of rotatable bonds is 5. The molecule has 0 unspecified atom stereocenters. The molecule has 0 radical (unpaired) electrons. The van der Waals surface area contributed by atoms with Crippen molar-refractivity contribution in [3.63, 3.8) is 0 Å². The average Bonchev–Trinajstić information content (AvgIpc) is 3.08. The van der Waals surface area contributed by atoms with Crippen molar-refractivity contribution in [3.05, 3.63) is 6.20 Å². The zero-order chi connectivity index (χ0) is 14.8. The molecule has 1 saturated heterocycles. The Kier molecular flexibility index (Phi) is 3.92. The van der Waals surface area contributed by atoms with Gasteiger partial charge < -0.3 is 15.1 Å². The van der Waals surface area contributed by atoms with E-state index < -0.39 is 0 Å². The molecule has 0 atom stereocenters. The van der Waals surface area contributed by atoms with Crippen LogP contribution in [0, 0.1) is 0 Å². The molecule has 7 heteroatoms. The van der Waals surface area contributed by atoms with Crippen molar-refractivity contribution in [1.29, 1.82) is 0 Å². The number of nitrogens with zero attached hydrogens (tertiary/aromatic N) is 6. The van der Waals surface area contributed by atoms with E-state index in [9.17, 15) is 0 Å². The maximum absolute atomic E-state index is 4.72. The molecule has 1 aliphatic heterocycles.